The molecule has 0 fully saturated rings. The van der Waals surface area contributed by atoms with Crippen LogP contribution >= 0.6 is 0 Å². The van der Waals surface area contributed by atoms with E-state index in [1.807, 2.05) is 12.1 Å². The quantitative estimate of drug-likeness (QED) is 0.702. The van der Waals surface area contributed by atoms with Crippen LogP contribution in [0, 0.1) is 0 Å². The Bertz CT molecular complexity index is 835. The average molecular weight is 363 g/mol. The number of para-hydroxylation sites is 2. The molecular formula is C17H21N3O4S. The van der Waals surface area contributed by atoms with Gasteiger partial charge in [-0.3, -0.25) is 9.52 Å². The summed E-state index contributed by atoms with van der Waals surface area (Å²) >= 11 is 0. The maximum absolute atomic E-state index is 12.3. The number of carbonyl (C=O) groups excluding carboxylic acids is 1. The predicted octanol–water partition coefficient (Wildman–Crippen LogP) is 2.51. The van der Waals surface area contributed by atoms with Crippen LogP contribution in [0.1, 0.15) is 6.92 Å². The highest BCUT2D eigenvalue weighted by atomic mass is 32.2. The van der Waals surface area contributed by atoms with Gasteiger partial charge in [0.2, 0.25) is 15.9 Å². The number of hydrogen-bond acceptors (Lipinski definition) is 5. The van der Waals surface area contributed by atoms with Crippen LogP contribution < -0.4 is 20.1 Å². The first-order valence-electron chi connectivity index (χ1n) is 7.57. The number of carbonyl (C=O) groups is 1. The number of amides is 1. The lowest BCUT2D eigenvalue weighted by Gasteiger charge is -2.17. The first-order chi connectivity index (χ1) is 11.8. The molecule has 0 aliphatic heterocycles. The van der Waals surface area contributed by atoms with E-state index in [1.54, 1.807) is 50.4 Å². The number of ether oxygens (including phenoxy) is 1. The maximum Gasteiger partial charge on any atom is 0.246 e. The molecule has 2 aromatic carbocycles. The molecule has 7 nitrogen and oxygen atoms in total. The second kappa shape index (κ2) is 7.89. The fourth-order valence-electron chi connectivity index (χ4n) is 2.15. The first-order valence-corrected chi connectivity index (χ1v) is 9.46. The van der Waals surface area contributed by atoms with E-state index in [2.05, 4.69) is 15.4 Å². The van der Waals surface area contributed by atoms with E-state index in [-0.39, 0.29) is 5.91 Å². The van der Waals surface area contributed by atoms with Crippen molar-refractivity contribution in [1.29, 1.82) is 0 Å². The smallest absolute Gasteiger partial charge is 0.246 e. The van der Waals surface area contributed by atoms with Gasteiger partial charge in [0.25, 0.3) is 0 Å². The molecule has 8 heteroatoms. The third-order valence-corrected chi connectivity index (χ3v) is 3.94. The molecule has 134 valence electrons. The van der Waals surface area contributed by atoms with Crippen molar-refractivity contribution in [2.45, 2.75) is 13.0 Å². The molecule has 0 radical (unpaired) electrons. The van der Waals surface area contributed by atoms with Crippen molar-refractivity contribution in [3.05, 3.63) is 48.5 Å². The minimum atomic E-state index is -3.31. The van der Waals surface area contributed by atoms with E-state index >= 15 is 0 Å². The summed E-state index contributed by atoms with van der Waals surface area (Å²) in [4.78, 5) is 12.3. The van der Waals surface area contributed by atoms with Crippen LogP contribution in [-0.2, 0) is 14.8 Å². The van der Waals surface area contributed by atoms with Crippen LogP contribution in [0.4, 0.5) is 17.1 Å². The van der Waals surface area contributed by atoms with Crippen molar-refractivity contribution in [3.63, 3.8) is 0 Å². The summed E-state index contributed by atoms with van der Waals surface area (Å²) in [6.07, 6.45) is 1.09. The molecule has 0 saturated heterocycles. The highest BCUT2D eigenvalue weighted by Gasteiger charge is 2.14. The molecule has 0 saturated carbocycles. The zero-order valence-electron chi connectivity index (χ0n) is 14.2. The van der Waals surface area contributed by atoms with E-state index in [4.69, 9.17) is 4.74 Å². The monoisotopic (exact) mass is 363 g/mol. The standard InChI is InChI=1S/C17H21N3O4S/c1-12(17(21)19-15-6-4-5-7-16(15)24-2)18-13-8-10-14(11-9-13)20-25(3,22)23/h4-12,18,20H,1-3H3,(H,19,21). The van der Waals surface area contributed by atoms with Gasteiger partial charge in [0.05, 0.1) is 19.1 Å². The number of anilines is 3. The van der Waals surface area contributed by atoms with E-state index < -0.39 is 16.1 Å². The summed E-state index contributed by atoms with van der Waals surface area (Å²) in [5, 5.41) is 5.87. The van der Waals surface area contributed by atoms with Crippen LogP contribution in [0.25, 0.3) is 0 Å². The Labute approximate surface area is 147 Å². The van der Waals surface area contributed by atoms with Gasteiger partial charge in [0.15, 0.2) is 0 Å². The van der Waals surface area contributed by atoms with E-state index in [1.165, 1.54) is 0 Å². The molecule has 2 rings (SSSR count). The Hall–Kier alpha value is -2.74. The van der Waals surface area contributed by atoms with Crippen LogP contribution in [0.5, 0.6) is 5.75 Å². The lowest BCUT2D eigenvalue weighted by molar-refractivity contribution is -0.116. The van der Waals surface area contributed by atoms with E-state index in [0.717, 1.165) is 6.26 Å². The molecule has 0 aliphatic rings. The number of hydrogen-bond donors (Lipinski definition) is 3. The number of rotatable bonds is 7. The summed E-state index contributed by atoms with van der Waals surface area (Å²) in [6.45, 7) is 1.73. The third-order valence-electron chi connectivity index (χ3n) is 3.33. The van der Waals surface area contributed by atoms with Gasteiger partial charge < -0.3 is 15.4 Å². The van der Waals surface area contributed by atoms with Crippen molar-refractivity contribution in [1.82, 2.24) is 0 Å². The van der Waals surface area contributed by atoms with Crippen molar-refractivity contribution in [3.8, 4) is 5.75 Å². The van der Waals surface area contributed by atoms with Gasteiger partial charge in [-0.15, -0.1) is 0 Å². The Morgan fingerprint density at radius 3 is 2.24 bits per heavy atom. The van der Waals surface area contributed by atoms with Crippen LogP contribution in [0.3, 0.4) is 0 Å². The summed E-state index contributed by atoms with van der Waals surface area (Å²) in [7, 11) is -1.77. The van der Waals surface area contributed by atoms with Gasteiger partial charge in [0, 0.05) is 11.4 Å². The summed E-state index contributed by atoms with van der Waals surface area (Å²) in [6, 6.07) is 13.3. The van der Waals surface area contributed by atoms with Crippen LogP contribution in [0.15, 0.2) is 48.5 Å². The van der Waals surface area contributed by atoms with Gasteiger partial charge in [0.1, 0.15) is 11.8 Å². The first kappa shape index (κ1) is 18.6. The molecule has 0 aliphatic carbocycles. The van der Waals surface area contributed by atoms with Crippen molar-refractivity contribution in [2.75, 3.05) is 28.7 Å². The summed E-state index contributed by atoms with van der Waals surface area (Å²) in [5.74, 6) is 0.363. The SMILES string of the molecule is COc1ccccc1NC(=O)C(C)Nc1ccc(NS(C)(=O)=O)cc1. The molecule has 0 aromatic heterocycles. The molecule has 2 aromatic rings. The molecular weight excluding hydrogens is 342 g/mol. The van der Waals surface area contributed by atoms with E-state index in [9.17, 15) is 13.2 Å². The van der Waals surface area contributed by atoms with Crippen molar-refractivity contribution in [2.24, 2.45) is 0 Å². The highest BCUT2D eigenvalue weighted by Crippen LogP contribution is 2.23. The average Bonchev–Trinajstić information content (AvgIpc) is 2.55. The Morgan fingerprint density at radius 2 is 1.64 bits per heavy atom. The molecule has 1 amide bonds. The molecule has 3 N–H and O–H groups in total. The zero-order chi connectivity index (χ0) is 18.4. The fourth-order valence-corrected chi connectivity index (χ4v) is 2.72. The number of sulfonamides is 1. The van der Waals surface area contributed by atoms with Gasteiger partial charge in [-0.25, -0.2) is 8.42 Å². The van der Waals surface area contributed by atoms with Gasteiger partial charge in [-0.05, 0) is 43.3 Å². The Morgan fingerprint density at radius 1 is 1.04 bits per heavy atom. The largest absolute Gasteiger partial charge is 0.495 e. The molecule has 0 spiro atoms. The minimum absolute atomic E-state index is 0.220. The molecule has 0 bridgehead atoms. The van der Waals surface area contributed by atoms with Crippen molar-refractivity contribution < 1.29 is 17.9 Å². The Balaban J connectivity index is 1.99. The van der Waals surface area contributed by atoms with Gasteiger partial charge in [-0.1, -0.05) is 12.1 Å². The normalized spacial score (nSPS) is 12.1. The number of nitrogens with one attached hydrogen (secondary N) is 3. The second-order valence-electron chi connectivity index (χ2n) is 5.51. The van der Waals surface area contributed by atoms with E-state index in [0.29, 0.717) is 22.8 Å². The highest BCUT2D eigenvalue weighted by molar-refractivity contribution is 7.92. The topological polar surface area (TPSA) is 96.5 Å². The lowest BCUT2D eigenvalue weighted by atomic mass is 10.2. The molecule has 1 unspecified atom stereocenters. The molecule has 0 heterocycles. The molecule has 25 heavy (non-hydrogen) atoms. The fraction of sp³-hybridized carbons (Fsp3) is 0.235. The zero-order valence-corrected chi connectivity index (χ0v) is 15.1. The third kappa shape index (κ3) is 5.68. The summed E-state index contributed by atoms with van der Waals surface area (Å²) < 4.78 is 30.0. The van der Waals surface area contributed by atoms with Gasteiger partial charge in [-0.2, -0.15) is 0 Å². The number of methoxy groups -OCH3 is 1. The summed E-state index contributed by atoms with van der Waals surface area (Å²) in [5.41, 5.74) is 1.75. The maximum atomic E-state index is 12.3. The van der Waals surface area contributed by atoms with Crippen LogP contribution in [0.2, 0.25) is 0 Å². The second-order valence-corrected chi connectivity index (χ2v) is 7.26. The number of benzene rings is 2. The van der Waals surface area contributed by atoms with Crippen LogP contribution in [-0.4, -0.2) is 33.7 Å². The predicted molar refractivity (Wildman–Crippen MR) is 99.6 cm³/mol. The Kier molecular flexibility index (Phi) is 5.87. The van der Waals surface area contributed by atoms with Crippen molar-refractivity contribution >= 4 is 33.0 Å². The van der Waals surface area contributed by atoms with Gasteiger partial charge >= 0.3 is 0 Å². The lowest BCUT2D eigenvalue weighted by Crippen LogP contribution is -2.32. The minimum Gasteiger partial charge on any atom is -0.495 e. The molecule has 1 atom stereocenters.